The largest absolute Gasteiger partial charge is 0.497 e. The number of nitrogens with two attached hydrogens (primary N) is 1. The van der Waals surface area contributed by atoms with Gasteiger partial charge in [0.2, 0.25) is 5.91 Å². The highest BCUT2D eigenvalue weighted by molar-refractivity contribution is 5.76. The Morgan fingerprint density at radius 2 is 2.05 bits per heavy atom. The number of hydrogen-bond donors (Lipinski definition) is 1. The van der Waals surface area contributed by atoms with Crippen LogP contribution < -0.4 is 15.2 Å². The molecule has 0 saturated carbocycles. The van der Waals surface area contributed by atoms with E-state index < -0.39 is 0 Å². The summed E-state index contributed by atoms with van der Waals surface area (Å²) in [6.45, 7) is 2.88. The van der Waals surface area contributed by atoms with Gasteiger partial charge in [0.15, 0.2) is 0 Å². The van der Waals surface area contributed by atoms with E-state index in [1.54, 1.807) is 7.11 Å². The Bertz CT molecular complexity index is 447. The average Bonchev–Trinajstić information content (AvgIpc) is 3.01. The molecule has 5 nitrogen and oxygen atoms in total. The number of ether oxygens (including phenoxy) is 2. The summed E-state index contributed by atoms with van der Waals surface area (Å²) in [4.78, 5) is 13.9. The van der Waals surface area contributed by atoms with Crippen LogP contribution in [0, 0.1) is 5.92 Å². The number of carbonyl (C=O) groups excluding carboxylic acids is 1. The minimum atomic E-state index is 0.212. The van der Waals surface area contributed by atoms with E-state index in [-0.39, 0.29) is 5.91 Å². The lowest BCUT2D eigenvalue weighted by atomic mass is 10.1. The molecule has 1 fully saturated rings. The lowest BCUT2D eigenvalue weighted by molar-refractivity contribution is -0.130. The summed E-state index contributed by atoms with van der Waals surface area (Å²) in [7, 11) is 1.63. The normalized spacial score (nSPS) is 17.8. The molecule has 116 valence electrons. The minimum absolute atomic E-state index is 0.212. The van der Waals surface area contributed by atoms with Crippen LogP contribution in [0.5, 0.6) is 11.5 Å². The van der Waals surface area contributed by atoms with Crippen molar-refractivity contribution in [3.05, 3.63) is 24.3 Å². The van der Waals surface area contributed by atoms with E-state index in [0.29, 0.717) is 25.5 Å². The maximum atomic E-state index is 12.0. The van der Waals surface area contributed by atoms with Crippen LogP contribution in [0.4, 0.5) is 0 Å². The van der Waals surface area contributed by atoms with E-state index in [2.05, 4.69) is 0 Å². The van der Waals surface area contributed by atoms with Crippen molar-refractivity contribution in [2.75, 3.05) is 33.4 Å². The Labute approximate surface area is 126 Å². The summed E-state index contributed by atoms with van der Waals surface area (Å²) in [6.07, 6.45) is 2.30. The molecule has 1 unspecified atom stereocenters. The van der Waals surface area contributed by atoms with Crippen molar-refractivity contribution in [2.45, 2.75) is 19.3 Å². The molecule has 1 amide bonds. The first-order valence-electron chi connectivity index (χ1n) is 7.47. The number of carbonyl (C=O) groups is 1. The highest BCUT2D eigenvalue weighted by atomic mass is 16.5. The lowest BCUT2D eigenvalue weighted by Gasteiger charge is -2.16. The first kappa shape index (κ1) is 15.6. The second-order valence-electron chi connectivity index (χ2n) is 5.36. The van der Waals surface area contributed by atoms with Crippen LogP contribution in [0.15, 0.2) is 24.3 Å². The fraction of sp³-hybridized carbons (Fsp3) is 0.562. The molecule has 21 heavy (non-hydrogen) atoms. The molecule has 1 aliphatic rings. The van der Waals surface area contributed by atoms with Gasteiger partial charge in [-0.2, -0.15) is 0 Å². The fourth-order valence-corrected chi connectivity index (χ4v) is 2.50. The van der Waals surface area contributed by atoms with E-state index in [4.69, 9.17) is 15.2 Å². The van der Waals surface area contributed by atoms with Crippen molar-refractivity contribution in [3.8, 4) is 11.5 Å². The van der Waals surface area contributed by atoms with Crippen molar-refractivity contribution in [2.24, 2.45) is 11.7 Å². The molecular weight excluding hydrogens is 268 g/mol. The van der Waals surface area contributed by atoms with Gasteiger partial charge in [-0.25, -0.2) is 0 Å². The Morgan fingerprint density at radius 1 is 1.33 bits per heavy atom. The minimum Gasteiger partial charge on any atom is -0.497 e. The van der Waals surface area contributed by atoms with Crippen LogP contribution in [-0.2, 0) is 4.79 Å². The van der Waals surface area contributed by atoms with Crippen molar-refractivity contribution in [1.82, 2.24) is 4.90 Å². The van der Waals surface area contributed by atoms with Gasteiger partial charge in [-0.3, -0.25) is 4.79 Å². The maximum Gasteiger partial charge on any atom is 0.222 e. The number of nitrogens with zero attached hydrogens (tertiary/aromatic N) is 1. The monoisotopic (exact) mass is 292 g/mol. The Hall–Kier alpha value is -1.75. The molecule has 0 radical (unpaired) electrons. The molecular formula is C16H24N2O3. The van der Waals surface area contributed by atoms with Gasteiger partial charge in [-0.1, -0.05) is 0 Å². The lowest BCUT2D eigenvalue weighted by Crippen LogP contribution is -2.29. The zero-order valence-corrected chi connectivity index (χ0v) is 12.6. The van der Waals surface area contributed by atoms with Crippen molar-refractivity contribution >= 4 is 5.91 Å². The van der Waals surface area contributed by atoms with Crippen LogP contribution in [-0.4, -0.2) is 44.2 Å². The first-order chi connectivity index (χ1) is 10.2. The average molecular weight is 292 g/mol. The third kappa shape index (κ3) is 4.63. The van der Waals surface area contributed by atoms with Gasteiger partial charge in [0, 0.05) is 19.5 Å². The Morgan fingerprint density at radius 3 is 2.67 bits per heavy atom. The summed E-state index contributed by atoms with van der Waals surface area (Å²) in [5, 5.41) is 0. The van der Waals surface area contributed by atoms with Gasteiger partial charge < -0.3 is 20.1 Å². The number of methoxy groups -OCH3 is 1. The van der Waals surface area contributed by atoms with Gasteiger partial charge in [0.1, 0.15) is 11.5 Å². The third-order valence-corrected chi connectivity index (χ3v) is 3.84. The molecule has 0 aliphatic carbocycles. The molecule has 2 N–H and O–H groups in total. The predicted molar refractivity (Wildman–Crippen MR) is 81.5 cm³/mol. The molecule has 1 aliphatic heterocycles. The van der Waals surface area contributed by atoms with Gasteiger partial charge in [0.25, 0.3) is 0 Å². The summed E-state index contributed by atoms with van der Waals surface area (Å²) in [6, 6.07) is 7.45. The first-order valence-corrected chi connectivity index (χ1v) is 7.47. The van der Waals surface area contributed by atoms with Gasteiger partial charge in [0.05, 0.1) is 13.7 Å². The number of rotatable bonds is 7. The van der Waals surface area contributed by atoms with Gasteiger partial charge in [-0.15, -0.1) is 0 Å². The molecule has 1 aromatic carbocycles. The Balaban J connectivity index is 1.64. The SMILES string of the molecule is COc1ccc(OCCCC(=O)N2CCC(CN)C2)cc1. The van der Waals surface area contributed by atoms with E-state index in [1.807, 2.05) is 29.2 Å². The molecule has 0 spiro atoms. The molecule has 2 rings (SSSR count). The molecule has 1 saturated heterocycles. The van der Waals surface area contributed by atoms with Crippen LogP contribution in [0.1, 0.15) is 19.3 Å². The third-order valence-electron chi connectivity index (χ3n) is 3.84. The van der Waals surface area contributed by atoms with E-state index >= 15 is 0 Å². The van der Waals surface area contributed by atoms with Crippen LogP contribution in [0.2, 0.25) is 0 Å². The smallest absolute Gasteiger partial charge is 0.222 e. The number of benzene rings is 1. The second kappa shape index (κ2) is 7.88. The van der Waals surface area contributed by atoms with Crippen molar-refractivity contribution in [3.63, 3.8) is 0 Å². The number of hydrogen-bond acceptors (Lipinski definition) is 4. The summed E-state index contributed by atoms with van der Waals surface area (Å²) in [5.74, 6) is 2.29. The highest BCUT2D eigenvalue weighted by Crippen LogP contribution is 2.18. The molecule has 5 heteroatoms. The van der Waals surface area contributed by atoms with Crippen LogP contribution in [0.25, 0.3) is 0 Å². The maximum absolute atomic E-state index is 12.0. The zero-order chi connectivity index (χ0) is 15.1. The fourth-order valence-electron chi connectivity index (χ4n) is 2.50. The van der Waals surface area contributed by atoms with Crippen molar-refractivity contribution < 1.29 is 14.3 Å². The van der Waals surface area contributed by atoms with E-state index in [9.17, 15) is 4.79 Å². The molecule has 0 bridgehead atoms. The summed E-state index contributed by atoms with van der Waals surface area (Å²) >= 11 is 0. The predicted octanol–water partition coefficient (Wildman–Crippen LogP) is 1.66. The van der Waals surface area contributed by atoms with E-state index in [1.165, 1.54) is 0 Å². The van der Waals surface area contributed by atoms with Crippen LogP contribution in [0.3, 0.4) is 0 Å². The van der Waals surface area contributed by atoms with Gasteiger partial charge >= 0.3 is 0 Å². The standard InChI is InChI=1S/C16H24N2O3/c1-20-14-4-6-15(7-5-14)21-10-2-3-16(19)18-9-8-13(11-17)12-18/h4-7,13H,2-3,8-12,17H2,1H3. The topological polar surface area (TPSA) is 64.8 Å². The molecule has 0 aromatic heterocycles. The highest BCUT2D eigenvalue weighted by Gasteiger charge is 2.24. The zero-order valence-electron chi connectivity index (χ0n) is 12.6. The molecule has 1 aromatic rings. The van der Waals surface area contributed by atoms with Gasteiger partial charge in [-0.05, 0) is 49.6 Å². The second-order valence-corrected chi connectivity index (χ2v) is 5.36. The number of amides is 1. The quantitative estimate of drug-likeness (QED) is 0.776. The summed E-state index contributed by atoms with van der Waals surface area (Å²) < 4.78 is 10.7. The Kier molecular flexibility index (Phi) is 5.87. The van der Waals surface area contributed by atoms with E-state index in [0.717, 1.165) is 37.4 Å². The molecule has 1 atom stereocenters. The van der Waals surface area contributed by atoms with Crippen molar-refractivity contribution in [1.29, 1.82) is 0 Å². The van der Waals surface area contributed by atoms with Crippen LogP contribution >= 0.6 is 0 Å². The number of likely N-dealkylation sites (tertiary alicyclic amines) is 1. The molecule has 1 heterocycles. The summed E-state index contributed by atoms with van der Waals surface area (Å²) in [5.41, 5.74) is 5.64.